The molecule has 0 saturated carbocycles. The van der Waals surface area contributed by atoms with Crippen molar-refractivity contribution in [2.24, 2.45) is 0 Å². The van der Waals surface area contributed by atoms with Gasteiger partial charge in [-0.05, 0) is 55.3 Å². The van der Waals surface area contributed by atoms with Gasteiger partial charge in [-0.25, -0.2) is 4.98 Å². The Balaban J connectivity index is 1.67. The van der Waals surface area contributed by atoms with E-state index in [1.165, 1.54) is 22.3 Å². The summed E-state index contributed by atoms with van der Waals surface area (Å²) in [6.07, 6.45) is 3.17. The number of hydrogen-bond acceptors (Lipinski definition) is 7. The van der Waals surface area contributed by atoms with Crippen molar-refractivity contribution in [1.82, 2.24) is 9.97 Å². The molecule has 1 aromatic carbocycles. The van der Waals surface area contributed by atoms with Crippen LogP contribution in [0.2, 0.25) is 0 Å². The Hall–Kier alpha value is -3.78. The average Bonchev–Trinajstić information content (AvgIpc) is 3.44. The number of Topliss-reactive ketones (excluding diaryl/α,β-unsaturated/α-hetero) is 1. The van der Waals surface area contributed by atoms with Gasteiger partial charge in [0.25, 0.3) is 5.91 Å². The molecule has 4 heterocycles. The zero-order valence-corrected chi connectivity index (χ0v) is 17.5. The van der Waals surface area contributed by atoms with E-state index in [-0.39, 0.29) is 11.3 Å². The lowest BCUT2D eigenvalue weighted by Gasteiger charge is -2.23. The highest BCUT2D eigenvalue weighted by atomic mass is 32.1. The highest BCUT2D eigenvalue weighted by molar-refractivity contribution is 7.22. The summed E-state index contributed by atoms with van der Waals surface area (Å²) in [7, 11) is 0. The van der Waals surface area contributed by atoms with Gasteiger partial charge < -0.3 is 9.52 Å². The van der Waals surface area contributed by atoms with Crippen LogP contribution in [0, 0.1) is 13.8 Å². The second kappa shape index (κ2) is 7.17. The number of carbonyl (C=O) groups is 2. The molecule has 0 aliphatic carbocycles. The van der Waals surface area contributed by atoms with E-state index < -0.39 is 23.5 Å². The Morgan fingerprint density at radius 1 is 1.19 bits per heavy atom. The number of fused-ring (bicyclic) bond motifs is 1. The maximum Gasteiger partial charge on any atom is 0.296 e. The number of amides is 1. The Labute approximate surface area is 181 Å². The molecule has 31 heavy (non-hydrogen) atoms. The molecule has 1 unspecified atom stereocenters. The Morgan fingerprint density at radius 3 is 2.74 bits per heavy atom. The molecule has 0 spiro atoms. The van der Waals surface area contributed by atoms with E-state index in [4.69, 9.17) is 4.42 Å². The van der Waals surface area contributed by atoms with E-state index in [2.05, 4.69) is 9.97 Å². The number of aliphatic hydroxyl groups is 1. The predicted octanol–water partition coefficient (Wildman–Crippen LogP) is 4.68. The third-order valence-corrected chi connectivity index (χ3v) is 6.17. The molecule has 0 bridgehead atoms. The minimum absolute atomic E-state index is 0.0530. The molecule has 0 radical (unpaired) electrons. The van der Waals surface area contributed by atoms with Crippen LogP contribution in [-0.2, 0) is 4.79 Å². The summed E-state index contributed by atoms with van der Waals surface area (Å²) in [5.41, 5.74) is 2.35. The lowest BCUT2D eigenvalue weighted by Crippen LogP contribution is -2.31. The average molecular weight is 431 g/mol. The quantitative estimate of drug-likeness (QED) is 0.471. The lowest BCUT2D eigenvalue weighted by molar-refractivity contribution is -0.117. The summed E-state index contributed by atoms with van der Waals surface area (Å²) in [6.45, 7) is 3.70. The fourth-order valence-corrected chi connectivity index (χ4v) is 4.79. The smallest absolute Gasteiger partial charge is 0.296 e. The van der Waals surface area contributed by atoms with Gasteiger partial charge in [-0.1, -0.05) is 23.5 Å². The van der Waals surface area contributed by atoms with E-state index >= 15 is 0 Å². The SMILES string of the molecule is Cc1ccc2nc(N3C(=O)C(O)=C(C(=O)c4ccc(C)o4)C3c3cccnc3)sc2c1. The number of benzene rings is 1. The number of aliphatic hydroxyl groups excluding tert-OH is 1. The van der Waals surface area contributed by atoms with Gasteiger partial charge in [0.15, 0.2) is 16.7 Å². The van der Waals surface area contributed by atoms with Crippen LogP contribution in [0.1, 0.15) is 33.5 Å². The molecule has 1 amide bonds. The highest BCUT2D eigenvalue weighted by Gasteiger charge is 2.46. The van der Waals surface area contributed by atoms with Crippen LogP contribution in [0.15, 0.2) is 70.6 Å². The van der Waals surface area contributed by atoms with Crippen molar-refractivity contribution >= 4 is 38.4 Å². The molecule has 5 rings (SSSR count). The third-order valence-electron chi connectivity index (χ3n) is 5.16. The first-order chi connectivity index (χ1) is 14.9. The zero-order valence-electron chi connectivity index (χ0n) is 16.7. The van der Waals surface area contributed by atoms with Crippen LogP contribution >= 0.6 is 11.3 Å². The third kappa shape index (κ3) is 3.12. The van der Waals surface area contributed by atoms with E-state index in [1.54, 1.807) is 37.5 Å². The van der Waals surface area contributed by atoms with Crippen LogP contribution in [0.3, 0.4) is 0 Å². The van der Waals surface area contributed by atoms with Crippen LogP contribution < -0.4 is 4.90 Å². The molecule has 1 aliphatic rings. The Morgan fingerprint density at radius 2 is 2.03 bits per heavy atom. The Bertz CT molecular complexity index is 1370. The molecular weight excluding hydrogens is 414 g/mol. The number of thiazole rings is 1. The normalized spacial score (nSPS) is 16.5. The topological polar surface area (TPSA) is 96.5 Å². The van der Waals surface area contributed by atoms with Crippen LogP contribution in [-0.4, -0.2) is 26.8 Å². The number of aromatic nitrogens is 2. The van der Waals surface area contributed by atoms with Gasteiger partial charge in [0.2, 0.25) is 5.78 Å². The largest absolute Gasteiger partial charge is 0.503 e. The number of nitrogens with zero attached hydrogens (tertiary/aromatic N) is 3. The number of ketones is 1. The van der Waals surface area contributed by atoms with Gasteiger partial charge in [-0.3, -0.25) is 19.5 Å². The second-order valence-corrected chi connectivity index (χ2v) is 8.34. The predicted molar refractivity (Wildman–Crippen MR) is 116 cm³/mol. The molecule has 7 nitrogen and oxygen atoms in total. The fraction of sp³-hybridized carbons (Fsp3) is 0.130. The van der Waals surface area contributed by atoms with Crippen LogP contribution in [0.4, 0.5) is 5.13 Å². The number of pyridine rings is 1. The molecule has 0 saturated heterocycles. The van der Waals surface area contributed by atoms with Crippen LogP contribution in [0.25, 0.3) is 10.2 Å². The summed E-state index contributed by atoms with van der Waals surface area (Å²) in [6, 6.07) is 11.6. The van der Waals surface area contributed by atoms with Crippen molar-refractivity contribution in [3.63, 3.8) is 0 Å². The number of carbonyl (C=O) groups excluding carboxylic acids is 2. The van der Waals surface area contributed by atoms with E-state index in [9.17, 15) is 14.7 Å². The van der Waals surface area contributed by atoms with E-state index in [0.29, 0.717) is 16.5 Å². The molecular formula is C23H17N3O4S. The lowest BCUT2D eigenvalue weighted by atomic mass is 9.96. The van der Waals surface area contributed by atoms with Crippen molar-refractivity contribution in [2.45, 2.75) is 19.9 Å². The van der Waals surface area contributed by atoms with Crippen molar-refractivity contribution in [3.05, 3.63) is 88.8 Å². The first kappa shape index (κ1) is 19.2. The molecule has 154 valence electrons. The molecule has 8 heteroatoms. The first-order valence-corrected chi connectivity index (χ1v) is 10.4. The molecule has 1 atom stereocenters. The number of furan rings is 1. The number of aryl methyl sites for hydroxylation is 2. The molecule has 1 N–H and O–H groups in total. The summed E-state index contributed by atoms with van der Waals surface area (Å²) in [5.74, 6) is -1.22. The highest BCUT2D eigenvalue weighted by Crippen LogP contribution is 2.44. The van der Waals surface area contributed by atoms with Crippen molar-refractivity contribution < 1.29 is 19.1 Å². The van der Waals surface area contributed by atoms with Crippen LogP contribution in [0.5, 0.6) is 0 Å². The molecule has 1 aliphatic heterocycles. The number of hydrogen-bond donors (Lipinski definition) is 1. The minimum Gasteiger partial charge on any atom is -0.503 e. The van der Waals surface area contributed by atoms with Crippen molar-refractivity contribution in [1.29, 1.82) is 0 Å². The summed E-state index contributed by atoms with van der Waals surface area (Å²) in [4.78, 5) is 36.5. The maximum absolute atomic E-state index is 13.3. The minimum atomic E-state index is -0.874. The van der Waals surface area contributed by atoms with E-state index in [0.717, 1.165) is 15.8 Å². The molecule has 3 aromatic heterocycles. The molecule has 4 aromatic rings. The standard InChI is InChI=1S/C23H17N3O4S/c1-12-5-7-15-17(10-12)31-23(25-15)26-19(14-4-3-9-24-11-14)18(21(28)22(26)29)20(27)16-8-6-13(2)30-16/h3-11,19,28H,1-2H3. The summed E-state index contributed by atoms with van der Waals surface area (Å²) in [5, 5.41) is 11.2. The fourth-order valence-electron chi connectivity index (χ4n) is 3.70. The van der Waals surface area contributed by atoms with Gasteiger partial charge in [-0.15, -0.1) is 0 Å². The number of anilines is 1. The Kier molecular flexibility index (Phi) is 4.44. The van der Waals surface area contributed by atoms with Crippen molar-refractivity contribution in [3.8, 4) is 0 Å². The van der Waals surface area contributed by atoms with Gasteiger partial charge in [0.05, 0.1) is 21.8 Å². The van der Waals surface area contributed by atoms with E-state index in [1.807, 2.05) is 25.1 Å². The monoisotopic (exact) mass is 431 g/mol. The summed E-state index contributed by atoms with van der Waals surface area (Å²) < 4.78 is 6.39. The first-order valence-electron chi connectivity index (χ1n) is 9.59. The van der Waals surface area contributed by atoms with Gasteiger partial charge in [0, 0.05) is 12.4 Å². The summed E-state index contributed by atoms with van der Waals surface area (Å²) >= 11 is 1.33. The van der Waals surface area contributed by atoms with Gasteiger partial charge in [0.1, 0.15) is 5.76 Å². The maximum atomic E-state index is 13.3. The second-order valence-electron chi connectivity index (χ2n) is 7.33. The molecule has 0 fully saturated rings. The van der Waals surface area contributed by atoms with Gasteiger partial charge >= 0.3 is 0 Å². The van der Waals surface area contributed by atoms with Gasteiger partial charge in [-0.2, -0.15) is 0 Å². The van der Waals surface area contributed by atoms with Crippen molar-refractivity contribution in [2.75, 3.05) is 4.90 Å². The zero-order chi connectivity index (χ0) is 21.7. The number of rotatable bonds is 4.